The fraction of sp³-hybridized carbons (Fsp3) is 0.667. The SMILES string of the molecule is Cc1cc(CN2CCN([C@H](C)c3ncc(C(C)(C)C)o3)CC2)no1. The van der Waals surface area contributed by atoms with Crippen molar-refractivity contribution in [1.29, 1.82) is 0 Å². The average molecular weight is 332 g/mol. The maximum absolute atomic E-state index is 6.00. The van der Waals surface area contributed by atoms with Gasteiger partial charge in [0.1, 0.15) is 11.5 Å². The van der Waals surface area contributed by atoms with Crippen molar-refractivity contribution in [1.82, 2.24) is 19.9 Å². The van der Waals surface area contributed by atoms with E-state index in [4.69, 9.17) is 8.94 Å². The molecule has 0 aromatic carbocycles. The molecule has 0 unspecified atom stereocenters. The largest absolute Gasteiger partial charge is 0.443 e. The first-order chi connectivity index (χ1) is 11.3. The Kier molecular flexibility index (Phi) is 4.78. The van der Waals surface area contributed by atoms with Crippen molar-refractivity contribution in [2.75, 3.05) is 26.2 Å². The monoisotopic (exact) mass is 332 g/mol. The zero-order valence-electron chi connectivity index (χ0n) is 15.4. The number of nitrogens with zero attached hydrogens (tertiary/aromatic N) is 4. The van der Waals surface area contributed by atoms with Gasteiger partial charge < -0.3 is 8.94 Å². The molecule has 132 valence electrons. The quantitative estimate of drug-likeness (QED) is 0.857. The van der Waals surface area contributed by atoms with Crippen LogP contribution in [0.15, 0.2) is 21.2 Å². The topological polar surface area (TPSA) is 58.5 Å². The number of aryl methyl sites for hydroxylation is 1. The van der Waals surface area contributed by atoms with Crippen LogP contribution >= 0.6 is 0 Å². The van der Waals surface area contributed by atoms with Gasteiger partial charge in [-0.05, 0) is 13.8 Å². The van der Waals surface area contributed by atoms with Gasteiger partial charge in [0.2, 0.25) is 5.89 Å². The predicted molar refractivity (Wildman–Crippen MR) is 91.7 cm³/mol. The lowest BCUT2D eigenvalue weighted by molar-refractivity contribution is 0.0850. The van der Waals surface area contributed by atoms with E-state index in [1.54, 1.807) is 0 Å². The molecule has 0 radical (unpaired) electrons. The highest BCUT2D eigenvalue weighted by molar-refractivity contribution is 5.08. The number of aromatic nitrogens is 2. The van der Waals surface area contributed by atoms with E-state index in [9.17, 15) is 0 Å². The average Bonchev–Trinajstić information content (AvgIpc) is 3.16. The highest BCUT2D eigenvalue weighted by Crippen LogP contribution is 2.27. The Labute approximate surface area is 143 Å². The number of hydrogen-bond acceptors (Lipinski definition) is 6. The zero-order chi connectivity index (χ0) is 17.3. The Morgan fingerprint density at radius 1 is 1.21 bits per heavy atom. The molecule has 1 aliphatic heterocycles. The Morgan fingerprint density at radius 3 is 2.46 bits per heavy atom. The maximum atomic E-state index is 6.00. The maximum Gasteiger partial charge on any atom is 0.211 e. The van der Waals surface area contributed by atoms with Gasteiger partial charge in [-0.2, -0.15) is 0 Å². The molecule has 2 aromatic rings. The van der Waals surface area contributed by atoms with Crippen molar-refractivity contribution in [3.05, 3.63) is 35.4 Å². The molecule has 0 amide bonds. The Morgan fingerprint density at radius 2 is 1.92 bits per heavy atom. The molecule has 0 saturated carbocycles. The van der Waals surface area contributed by atoms with Gasteiger partial charge in [-0.15, -0.1) is 0 Å². The lowest BCUT2D eigenvalue weighted by atomic mass is 9.94. The number of piperazine rings is 1. The van der Waals surface area contributed by atoms with E-state index in [-0.39, 0.29) is 11.5 Å². The molecular formula is C18H28N4O2. The molecule has 1 aliphatic rings. The van der Waals surface area contributed by atoms with Gasteiger partial charge >= 0.3 is 0 Å². The summed E-state index contributed by atoms with van der Waals surface area (Å²) < 4.78 is 11.1. The van der Waals surface area contributed by atoms with Crippen LogP contribution < -0.4 is 0 Å². The highest BCUT2D eigenvalue weighted by Gasteiger charge is 2.27. The molecule has 2 aromatic heterocycles. The normalized spacial score (nSPS) is 18.9. The van der Waals surface area contributed by atoms with Crippen LogP contribution in [0.25, 0.3) is 0 Å². The first-order valence-corrected chi connectivity index (χ1v) is 8.68. The molecule has 1 fully saturated rings. The van der Waals surface area contributed by atoms with Crippen molar-refractivity contribution < 1.29 is 8.94 Å². The minimum atomic E-state index is -0.000603. The molecule has 3 rings (SSSR count). The summed E-state index contributed by atoms with van der Waals surface area (Å²) in [6, 6.07) is 2.22. The third-order valence-electron chi connectivity index (χ3n) is 4.64. The van der Waals surface area contributed by atoms with Crippen LogP contribution in [-0.4, -0.2) is 46.1 Å². The molecule has 0 aliphatic carbocycles. The van der Waals surface area contributed by atoms with Gasteiger partial charge in [0, 0.05) is 44.2 Å². The van der Waals surface area contributed by atoms with Crippen molar-refractivity contribution in [2.45, 2.75) is 52.6 Å². The number of hydrogen-bond donors (Lipinski definition) is 0. The summed E-state index contributed by atoms with van der Waals surface area (Å²) in [6.07, 6.45) is 1.87. The van der Waals surface area contributed by atoms with Crippen LogP contribution in [-0.2, 0) is 12.0 Å². The second kappa shape index (κ2) is 6.69. The van der Waals surface area contributed by atoms with Crippen LogP contribution in [0.2, 0.25) is 0 Å². The van der Waals surface area contributed by atoms with Crippen LogP contribution in [0.5, 0.6) is 0 Å². The van der Waals surface area contributed by atoms with Gasteiger partial charge in [-0.1, -0.05) is 25.9 Å². The second-order valence-corrected chi connectivity index (χ2v) is 7.73. The first kappa shape index (κ1) is 17.2. The summed E-state index contributed by atoms with van der Waals surface area (Å²) in [6.45, 7) is 15.4. The Hall–Kier alpha value is -1.66. The first-order valence-electron chi connectivity index (χ1n) is 8.68. The summed E-state index contributed by atoms with van der Waals surface area (Å²) in [4.78, 5) is 9.35. The summed E-state index contributed by atoms with van der Waals surface area (Å²) in [5, 5.41) is 4.08. The van der Waals surface area contributed by atoms with Gasteiger partial charge in [-0.25, -0.2) is 4.98 Å². The Balaban J connectivity index is 1.55. The van der Waals surface area contributed by atoms with Gasteiger partial charge in [-0.3, -0.25) is 9.80 Å². The summed E-state index contributed by atoms with van der Waals surface area (Å²) in [5.41, 5.74) is 1.01. The number of oxazole rings is 1. The minimum absolute atomic E-state index is 0.000603. The molecule has 6 heteroatoms. The van der Waals surface area contributed by atoms with E-state index in [1.807, 2.05) is 19.2 Å². The summed E-state index contributed by atoms with van der Waals surface area (Å²) in [5.74, 6) is 2.64. The fourth-order valence-electron chi connectivity index (χ4n) is 3.01. The van der Waals surface area contributed by atoms with Crippen LogP contribution in [0.4, 0.5) is 0 Å². The van der Waals surface area contributed by atoms with E-state index < -0.39 is 0 Å². The van der Waals surface area contributed by atoms with Crippen LogP contribution in [0.3, 0.4) is 0 Å². The molecule has 1 atom stereocenters. The third-order valence-corrected chi connectivity index (χ3v) is 4.64. The molecule has 1 saturated heterocycles. The zero-order valence-corrected chi connectivity index (χ0v) is 15.4. The molecule has 0 spiro atoms. The summed E-state index contributed by atoms with van der Waals surface area (Å²) in [7, 11) is 0. The molecule has 24 heavy (non-hydrogen) atoms. The van der Waals surface area contributed by atoms with Gasteiger partial charge in [0.25, 0.3) is 0 Å². The minimum Gasteiger partial charge on any atom is -0.443 e. The molecular weight excluding hydrogens is 304 g/mol. The standard InChI is InChI=1S/C18H28N4O2/c1-13-10-15(20-24-13)12-21-6-8-22(9-7-21)14(2)17-19-11-16(23-17)18(3,4)5/h10-11,14H,6-9,12H2,1-5H3/t14-/m1/s1. The summed E-state index contributed by atoms with van der Waals surface area (Å²) >= 11 is 0. The lowest BCUT2D eigenvalue weighted by Crippen LogP contribution is -2.46. The molecule has 6 nitrogen and oxygen atoms in total. The highest BCUT2D eigenvalue weighted by atomic mass is 16.5. The van der Waals surface area contributed by atoms with Crippen molar-refractivity contribution in [2.24, 2.45) is 0 Å². The molecule has 0 N–H and O–H groups in total. The van der Waals surface area contributed by atoms with E-state index in [0.717, 1.165) is 55.8 Å². The van der Waals surface area contributed by atoms with Gasteiger partial charge in [0.15, 0.2) is 0 Å². The van der Waals surface area contributed by atoms with Crippen LogP contribution in [0, 0.1) is 6.92 Å². The van der Waals surface area contributed by atoms with E-state index in [0.29, 0.717) is 0 Å². The number of rotatable bonds is 4. The van der Waals surface area contributed by atoms with Crippen molar-refractivity contribution >= 4 is 0 Å². The molecule has 3 heterocycles. The van der Waals surface area contributed by atoms with Crippen LogP contribution in [0.1, 0.15) is 56.8 Å². The fourth-order valence-corrected chi connectivity index (χ4v) is 3.01. The second-order valence-electron chi connectivity index (χ2n) is 7.73. The molecule has 0 bridgehead atoms. The van der Waals surface area contributed by atoms with Crippen molar-refractivity contribution in [3.63, 3.8) is 0 Å². The van der Waals surface area contributed by atoms with E-state index in [2.05, 4.69) is 47.6 Å². The smallest absolute Gasteiger partial charge is 0.211 e. The van der Waals surface area contributed by atoms with E-state index >= 15 is 0 Å². The van der Waals surface area contributed by atoms with Gasteiger partial charge in [0.05, 0.1) is 17.9 Å². The van der Waals surface area contributed by atoms with Crippen molar-refractivity contribution in [3.8, 4) is 0 Å². The lowest BCUT2D eigenvalue weighted by Gasteiger charge is -2.36. The third kappa shape index (κ3) is 3.87. The Bertz CT molecular complexity index is 663. The predicted octanol–water partition coefficient (Wildman–Crippen LogP) is 3.15. The van der Waals surface area contributed by atoms with E-state index in [1.165, 1.54) is 0 Å².